The predicted octanol–water partition coefficient (Wildman–Crippen LogP) is 4.56. The lowest BCUT2D eigenvalue weighted by atomic mass is 9.86. The summed E-state index contributed by atoms with van der Waals surface area (Å²) >= 11 is 7.79. The molecule has 1 aromatic rings. The van der Waals surface area contributed by atoms with Gasteiger partial charge < -0.3 is 5.32 Å². The second-order valence-corrected chi connectivity index (χ2v) is 7.75. The number of piperidine rings is 1. The Morgan fingerprint density at radius 3 is 2.80 bits per heavy atom. The van der Waals surface area contributed by atoms with Gasteiger partial charge in [0, 0.05) is 29.5 Å². The van der Waals surface area contributed by atoms with Crippen LogP contribution in [0.5, 0.6) is 0 Å². The summed E-state index contributed by atoms with van der Waals surface area (Å²) in [6.07, 6.45) is 2.46. The molecular formula is C16H27ClN2S. The Bertz CT molecular complexity index is 420. The van der Waals surface area contributed by atoms with Gasteiger partial charge in [-0.1, -0.05) is 25.4 Å². The number of thiophene rings is 1. The van der Waals surface area contributed by atoms with Gasteiger partial charge >= 0.3 is 0 Å². The highest BCUT2D eigenvalue weighted by atomic mass is 35.5. The highest BCUT2D eigenvalue weighted by Gasteiger charge is 2.34. The molecule has 1 aliphatic rings. The molecule has 2 nitrogen and oxygen atoms in total. The largest absolute Gasteiger partial charge is 0.314 e. The Morgan fingerprint density at radius 2 is 2.20 bits per heavy atom. The van der Waals surface area contributed by atoms with E-state index in [0.29, 0.717) is 24.0 Å². The van der Waals surface area contributed by atoms with Crippen molar-refractivity contribution in [1.82, 2.24) is 10.2 Å². The van der Waals surface area contributed by atoms with Crippen LogP contribution in [0.2, 0.25) is 4.34 Å². The smallest absolute Gasteiger partial charge is 0.0931 e. The molecule has 0 bridgehead atoms. The number of nitrogens with one attached hydrogen (secondary N) is 1. The summed E-state index contributed by atoms with van der Waals surface area (Å²) < 4.78 is 0.895. The molecule has 1 aliphatic heterocycles. The molecule has 1 N–H and O–H groups in total. The minimum atomic E-state index is 0.470. The van der Waals surface area contributed by atoms with E-state index in [9.17, 15) is 0 Å². The van der Waals surface area contributed by atoms with Gasteiger partial charge in [-0.2, -0.15) is 0 Å². The highest BCUT2D eigenvalue weighted by molar-refractivity contribution is 7.16. The van der Waals surface area contributed by atoms with E-state index in [0.717, 1.165) is 10.9 Å². The lowest BCUT2D eigenvalue weighted by molar-refractivity contribution is 0.0537. The first kappa shape index (κ1) is 16.3. The highest BCUT2D eigenvalue weighted by Crippen LogP contribution is 2.35. The third-order valence-corrected chi connectivity index (χ3v) is 6.18. The maximum atomic E-state index is 6.08. The lowest BCUT2D eigenvalue weighted by Crippen LogP contribution is -2.53. The summed E-state index contributed by atoms with van der Waals surface area (Å²) in [7, 11) is 0. The van der Waals surface area contributed by atoms with E-state index < -0.39 is 0 Å². The van der Waals surface area contributed by atoms with E-state index in [2.05, 4.69) is 44.0 Å². The number of rotatable bonds is 5. The van der Waals surface area contributed by atoms with Crippen LogP contribution in [-0.4, -0.2) is 30.1 Å². The SMILES string of the molecule is CCCNC1CCN(C(C)c2ccc(Cl)s2)C(C)C1C. The zero-order chi connectivity index (χ0) is 14.7. The second kappa shape index (κ2) is 7.26. The maximum absolute atomic E-state index is 6.08. The fourth-order valence-corrected chi connectivity index (χ4v) is 4.41. The van der Waals surface area contributed by atoms with Crippen LogP contribution in [0.1, 0.15) is 51.5 Å². The number of nitrogens with zero attached hydrogens (tertiary/aromatic N) is 1. The molecule has 1 fully saturated rings. The van der Waals surface area contributed by atoms with Crippen molar-refractivity contribution in [2.24, 2.45) is 5.92 Å². The Labute approximate surface area is 132 Å². The van der Waals surface area contributed by atoms with Crippen LogP contribution in [0, 0.1) is 5.92 Å². The van der Waals surface area contributed by atoms with Crippen molar-refractivity contribution in [1.29, 1.82) is 0 Å². The standard InChI is InChI=1S/C16H27ClN2S/c1-5-9-18-14-8-10-19(12(3)11(14)2)13(4)15-6-7-16(17)20-15/h6-7,11-14,18H,5,8-10H2,1-4H3. The molecule has 4 atom stereocenters. The van der Waals surface area contributed by atoms with Crippen molar-refractivity contribution in [3.05, 3.63) is 21.3 Å². The monoisotopic (exact) mass is 314 g/mol. The minimum absolute atomic E-state index is 0.470. The number of hydrogen-bond acceptors (Lipinski definition) is 3. The fraction of sp³-hybridized carbons (Fsp3) is 0.750. The summed E-state index contributed by atoms with van der Waals surface area (Å²) in [5.74, 6) is 0.688. The Kier molecular flexibility index (Phi) is 5.91. The first-order valence-corrected chi connectivity index (χ1v) is 8.98. The summed E-state index contributed by atoms with van der Waals surface area (Å²) in [6.45, 7) is 11.6. The van der Waals surface area contributed by atoms with Gasteiger partial charge in [0.05, 0.1) is 4.34 Å². The van der Waals surface area contributed by atoms with Gasteiger partial charge in [-0.15, -0.1) is 11.3 Å². The minimum Gasteiger partial charge on any atom is -0.314 e. The summed E-state index contributed by atoms with van der Waals surface area (Å²) in [4.78, 5) is 4.02. The molecule has 0 aliphatic carbocycles. The van der Waals surface area contributed by atoms with E-state index in [-0.39, 0.29) is 0 Å². The molecular weight excluding hydrogens is 288 g/mol. The predicted molar refractivity (Wildman–Crippen MR) is 89.8 cm³/mol. The van der Waals surface area contributed by atoms with E-state index >= 15 is 0 Å². The van der Waals surface area contributed by atoms with Crippen molar-refractivity contribution < 1.29 is 0 Å². The molecule has 20 heavy (non-hydrogen) atoms. The molecule has 0 saturated carbocycles. The van der Waals surface area contributed by atoms with Crippen LogP contribution in [-0.2, 0) is 0 Å². The van der Waals surface area contributed by atoms with Crippen molar-refractivity contribution in [2.75, 3.05) is 13.1 Å². The average Bonchev–Trinajstić information content (AvgIpc) is 2.86. The van der Waals surface area contributed by atoms with Crippen molar-refractivity contribution in [3.63, 3.8) is 0 Å². The summed E-state index contributed by atoms with van der Waals surface area (Å²) in [5, 5.41) is 3.71. The number of halogens is 1. The first-order chi connectivity index (χ1) is 9.54. The molecule has 0 aromatic carbocycles. The van der Waals surface area contributed by atoms with Gasteiger partial charge in [-0.3, -0.25) is 4.90 Å². The summed E-state index contributed by atoms with van der Waals surface area (Å²) in [6, 6.07) is 5.93. The third kappa shape index (κ3) is 3.56. The van der Waals surface area contributed by atoms with Crippen LogP contribution in [0.4, 0.5) is 0 Å². The number of likely N-dealkylation sites (tertiary alicyclic amines) is 1. The molecule has 4 unspecified atom stereocenters. The molecule has 0 radical (unpaired) electrons. The van der Waals surface area contributed by atoms with Gasteiger partial charge in [-0.05, 0) is 51.3 Å². The second-order valence-electron chi connectivity index (χ2n) is 6.00. The molecule has 1 aromatic heterocycles. The van der Waals surface area contributed by atoms with Crippen LogP contribution >= 0.6 is 22.9 Å². The number of hydrogen-bond donors (Lipinski definition) is 1. The topological polar surface area (TPSA) is 15.3 Å². The van der Waals surface area contributed by atoms with Gasteiger partial charge in [0.1, 0.15) is 0 Å². The molecule has 4 heteroatoms. The lowest BCUT2D eigenvalue weighted by Gasteiger charge is -2.45. The third-order valence-electron chi connectivity index (χ3n) is 4.78. The van der Waals surface area contributed by atoms with Gasteiger partial charge in [0.15, 0.2) is 0 Å². The molecule has 1 saturated heterocycles. The molecule has 0 spiro atoms. The van der Waals surface area contributed by atoms with Crippen molar-refractivity contribution in [3.8, 4) is 0 Å². The molecule has 2 rings (SSSR count). The average molecular weight is 315 g/mol. The zero-order valence-electron chi connectivity index (χ0n) is 13.0. The van der Waals surface area contributed by atoms with E-state index in [1.54, 1.807) is 11.3 Å². The Morgan fingerprint density at radius 1 is 1.45 bits per heavy atom. The van der Waals surface area contributed by atoms with E-state index in [1.165, 1.54) is 24.3 Å². The van der Waals surface area contributed by atoms with Crippen LogP contribution in [0.25, 0.3) is 0 Å². The molecule has 0 amide bonds. The quantitative estimate of drug-likeness (QED) is 0.857. The van der Waals surface area contributed by atoms with E-state index in [1.807, 2.05) is 6.07 Å². The fourth-order valence-electron chi connectivity index (χ4n) is 3.27. The van der Waals surface area contributed by atoms with Crippen molar-refractivity contribution in [2.45, 2.75) is 58.7 Å². The van der Waals surface area contributed by atoms with Crippen LogP contribution in [0.15, 0.2) is 12.1 Å². The maximum Gasteiger partial charge on any atom is 0.0931 e. The van der Waals surface area contributed by atoms with Crippen LogP contribution < -0.4 is 5.32 Å². The van der Waals surface area contributed by atoms with Gasteiger partial charge in [0.2, 0.25) is 0 Å². The Balaban J connectivity index is 2.00. The van der Waals surface area contributed by atoms with Gasteiger partial charge in [-0.25, -0.2) is 0 Å². The summed E-state index contributed by atoms with van der Waals surface area (Å²) in [5.41, 5.74) is 0. The van der Waals surface area contributed by atoms with E-state index in [4.69, 9.17) is 11.6 Å². The zero-order valence-corrected chi connectivity index (χ0v) is 14.6. The van der Waals surface area contributed by atoms with Gasteiger partial charge in [0.25, 0.3) is 0 Å². The molecule has 2 heterocycles. The first-order valence-electron chi connectivity index (χ1n) is 7.79. The van der Waals surface area contributed by atoms with Crippen molar-refractivity contribution >= 4 is 22.9 Å². The normalized spacial score (nSPS) is 29.6. The van der Waals surface area contributed by atoms with Crippen LogP contribution in [0.3, 0.4) is 0 Å². The molecule has 114 valence electrons. The Hall–Kier alpha value is -0.0900.